The average Bonchev–Trinajstić information content (AvgIpc) is 2.62. The quantitative estimate of drug-likeness (QED) is 0.878. The molecule has 0 amide bonds. The minimum Gasteiger partial charge on any atom is -0.368 e. The molecule has 1 aliphatic heterocycles. The van der Waals surface area contributed by atoms with Crippen LogP contribution in [0, 0.1) is 0 Å². The number of aromatic amines is 1. The maximum atomic E-state index is 12.5. The van der Waals surface area contributed by atoms with Crippen molar-refractivity contribution in [1.82, 2.24) is 9.29 Å². The number of aryl methyl sites for hydroxylation is 1. The summed E-state index contributed by atoms with van der Waals surface area (Å²) in [6.45, 7) is 2.18. The highest BCUT2D eigenvalue weighted by molar-refractivity contribution is 7.89. The van der Waals surface area contributed by atoms with Crippen LogP contribution in [0.25, 0.3) is 0 Å². The molecule has 24 heavy (non-hydrogen) atoms. The lowest BCUT2D eigenvalue weighted by molar-refractivity contribution is 0.385. The van der Waals surface area contributed by atoms with E-state index in [9.17, 15) is 13.2 Å². The predicted molar refractivity (Wildman–Crippen MR) is 94.8 cm³/mol. The van der Waals surface area contributed by atoms with Crippen molar-refractivity contribution in [2.45, 2.75) is 6.42 Å². The third-order valence-electron chi connectivity index (χ3n) is 4.26. The van der Waals surface area contributed by atoms with E-state index in [1.807, 2.05) is 30.3 Å². The third kappa shape index (κ3) is 4.04. The maximum Gasteiger partial charge on any atom is 0.248 e. The summed E-state index contributed by atoms with van der Waals surface area (Å²) in [7, 11) is -3.25. The number of anilines is 1. The van der Waals surface area contributed by atoms with E-state index < -0.39 is 10.0 Å². The first-order chi connectivity index (χ1) is 11.5. The van der Waals surface area contributed by atoms with Crippen LogP contribution in [0.5, 0.6) is 0 Å². The molecule has 0 spiro atoms. The van der Waals surface area contributed by atoms with Crippen molar-refractivity contribution in [2.75, 3.05) is 36.8 Å². The summed E-state index contributed by atoms with van der Waals surface area (Å²) in [5.74, 6) is 0.135. The molecule has 6 nitrogen and oxygen atoms in total. The van der Waals surface area contributed by atoms with Gasteiger partial charge in [-0.2, -0.15) is 4.31 Å². The zero-order valence-electron chi connectivity index (χ0n) is 13.4. The molecule has 0 atom stereocenters. The van der Waals surface area contributed by atoms with Crippen LogP contribution in [-0.4, -0.2) is 49.6 Å². The van der Waals surface area contributed by atoms with Crippen LogP contribution in [0.3, 0.4) is 0 Å². The van der Waals surface area contributed by atoms with E-state index in [2.05, 4.69) is 9.88 Å². The Labute approximate surface area is 141 Å². The third-order valence-corrected chi connectivity index (χ3v) is 6.13. The van der Waals surface area contributed by atoms with Gasteiger partial charge in [-0.1, -0.05) is 30.3 Å². The summed E-state index contributed by atoms with van der Waals surface area (Å²) in [6.07, 6.45) is 2.20. The number of nitrogens with zero attached hydrogens (tertiary/aromatic N) is 2. The molecule has 2 aromatic rings. The Balaban J connectivity index is 1.57. The normalized spacial score (nSPS) is 16.2. The van der Waals surface area contributed by atoms with Crippen molar-refractivity contribution < 1.29 is 8.42 Å². The van der Waals surface area contributed by atoms with Gasteiger partial charge in [0.25, 0.3) is 0 Å². The van der Waals surface area contributed by atoms with Gasteiger partial charge in [0, 0.05) is 38.4 Å². The Hall–Kier alpha value is -2.12. The topological polar surface area (TPSA) is 73.5 Å². The fourth-order valence-electron chi connectivity index (χ4n) is 2.84. The lowest BCUT2D eigenvalue weighted by atomic mass is 10.2. The fourth-order valence-corrected chi connectivity index (χ4v) is 4.32. The number of piperazine rings is 1. The van der Waals surface area contributed by atoms with Crippen molar-refractivity contribution in [1.29, 1.82) is 0 Å². The van der Waals surface area contributed by atoms with Gasteiger partial charge in [-0.3, -0.25) is 4.79 Å². The second-order valence-corrected chi connectivity index (χ2v) is 7.94. The van der Waals surface area contributed by atoms with Gasteiger partial charge in [-0.25, -0.2) is 8.42 Å². The summed E-state index contributed by atoms with van der Waals surface area (Å²) in [6, 6.07) is 12.9. The Morgan fingerprint density at radius 1 is 0.958 bits per heavy atom. The lowest BCUT2D eigenvalue weighted by Gasteiger charge is -2.35. The van der Waals surface area contributed by atoms with Crippen molar-refractivity contribution >= 4 is 15.7 Å². The van der Waals surface area contributed by atoms with E-state index in [0.717, 1.165) is 11.3 Å². The SMILES string of the molecule is O=c1ccc(N2CCN(S(=O)(=O)CCc3ccccc3)CC2)c[nH]1. The zero-order valence-corrected chi connectivity index (χ0v) is 14.2. The first kappa shape index (κ1) is 16.7. The molecule has 128 valence electrons. The molecule has 0 unspecified atom stereocenters. The molecule has 0 radical (unpaired) electrons. The molecule has 2 heterocycles. The summed E-state index contributed by atoms with van der Waals surface area (Å²) < 4.78 is 26.6. The van der Waals surface area contributed by atoms with E-state index in [1.54, 1.807) is 16.6 Å². The van der Waals surface area contributed by atoms with Crippen LogP contribution < -0.4 is 10.5 Å². The molecule has 7 heteroatoms. The van der Waals surface area contributed by atoms with Crippen LogP contribution in [0.4, 0.5) is 5.69 Å². The number of H-pyrrole nitrogens is 1. The molecule has 0 saturated carbocycles. The molecule has 3 rings (SSSR count). The number of aromatic nitrogens is 1. The fraction of sp³-hybridized carbons (Fsp3) is 0.353. The maximum absolute atomic E-state index is 12.5. The number of rotatable bonds is 5. The Kier molecular flexibility index (Phi) is 5.01. The van der Waals surface area contributed by atoms with Gasteiger partial charge in [-0.15, -0.1) is 0 Å². The van der Waals surface area contributed by atoms with Gasteiger partial charge >= 0.3 is 0 Å². The molecule has 1 aromatic carbocycles. The molecule has 1 aliphatic rings. The number of hydrogen-bond donors (Lipinski definition) is 1. The van der Waals surface area contributed by atoms with E-state index in [4.69, 9.17) is 0 Å². The average molecular weight is 347 g/mol. The highest BCUT2D eigenvalue weighted by Crippen LogP contribution is 2.16. The highest BCUT2D eigenvalue weighted by Gasteiger charge is 2.26. The molecule has 1 saturated heterocycles. The predicted octanol–water partition coefficient (Wildman–Crippen LogP) is 1.07. The molecule has 1 N–H and O–H groups in total. The van der Waals surface area contributed by atoms with Crippen molar-refractivity contribution in [3.8, 4) is 0 Å². The van der Waals surface area contributed by atoms with Crippen LogP contribution in [-0.2, 0) is 16.4 Å². The molecular weight excluding hydrogens is 326 g/mol. The highest BCUT2D eigenvalue weighted by atomic mass is 32.2. The van der Waals surface area contributed by atoms with Crippen molar-refractivity contribution in [2.24, 2.45) is 0 Å². The van der Waals surface area contributed by atoms with Crippen LogP contribution in [0.2, 0.25) is 0 Å². The van der Waals surface area contributed by atoms with Gasteiger partial charge in [0.15, 0.2) is 0 Å². The smallest absolute Gasteiger partial charge is 0.248 e. The van der Waals surface area contributed by atoms with E-state index in [1.165, 1.54) is 6.07 Å². The largest absolute Gasteiger partial charge is 0.368 e. The van der Waals surface area contributed by atoms with Gasteiger partial charge in [0.05, 0.1) is 11.4 Å². The number of hydrogen-bond acceptors (Lipinski definition) is 4. The number of pyridine rings is 1. The minimum absolute atomic E-state index is 0.135. The van der Waals surface area contributed by atoms with Crippen molar-refractivity contribution in [3.63, 3.8) is 0 Å². The Morgan fingerprint density at radius 3 is 2.29 bits per heavy atom. The first-order valence-electron chi connectivity index (χ1n) is 8.00. The van der Waals surface area contributed by atoms with E-state index in [-0.39, 0.29) is 11.3 Å². The summed E-state index contributed by atoms with van der Waals surface area (Å²) in [5, 5.41) is 0. The second kappa shape index (κ2) is 7.19. The summed E-state index contributed by atoms with van der Waals surface area (Å²) in [4.78, 5) is 15.8. The summed E-state index contributed by atoms with van der Waals surface area (Å²) in [5.41, 5.74) is 1.81. The Morgan fingerprint density at radius 2 is 1.67 bits per heavy atom. The van der Waals surface area contributed by atoms with Crippen molar-refractivity contribution in [3.05, 3.63) is 64.6 Å². The monoisotopic (exact) mass is 347 g/mol. The Bertz CT molecular complexity index is 805. The minimum atomic E-state index is -3.25. The molecule has 1 aromatic heterocycles. The van der Waals surface area contributed by atoms with Gasteiger partial charge < -0.3 is 9.88 Å². The van der Waals surface area contributed by atoms with Crippen LogP contribution >= 0.6 is 0 Å². The van der Waals surface area contributed by atoms with Crippen LogP contribution in [0.1, 0.15) is 5.56 Å². The van der Waals surface area contributed by atoms with Gasteiger partial charge in [0.1, 0.15) is 0 Å². The molecule has 0 aliphatic carbocycles. The standard InChI is InChI=1S/C17H21N3O3S/c21-17-7-6-16(14-18-17)19-9-11-20(12-10-19)24(22,23)13-8-15-4-2-1-3-5-15/h1-7,14H,8-13H2,(H,18,21). The molecular formula is C17H21N3O3S. The number of nitrogens with one attached hydrogen (secondary N) is 1. The summed E-state index contributed by atoms with van der Waals surface area (Å²) >= 11 is 0. The van der Waals surface area contributed by atoms with Crippen LogP contribution in [0.15, 0.2) is 53.5 Å². The van der Waals surface area contributed by atoms with Gasteiger partial charge in [0.2, 0.25) is 15.6 Å². The van der Waals surface area contributed by atoms with E-state index >= 15 is 0 Å². The zero-order chi connectivity index (χ0) is 17.0. The molecule has 0 bridgehead atoms. The lowest BCUT2D eigenvalue weighted by Crippen LogP contribution is -2.49. The van der Waals surface area contributed by atoms with E-state index in [0.29, 0.717) is 32.6 Å². The number of benzene rings is 1. The second-order valence-electron chi connectivity index (χ2n) is 5.85. The number of sulfonamides is 1. The van der Waals surface area contributed by atoms with Gasteiger partial charge in [-0.05, 0) is 18.1 Å². The first-order valence-corrected chi connectivity index (χ1v) is 9.61. The molecule has 1 fully saturated rings.